The van der Waals surface area contributed by atoms with Gasteiger partial charge in [-0.05, 0) is 131 Å². The van der Waals surface area contributed by atoms with Crippen molar-refractivity contribution in [1.82, 2.24) is 4.90 Å². The summed E-state index contributed by atoms with van der Waals surface area (Å²) in [4.78, 5) is 29.7. The summed E-state index contributed by atoms with van der Waals surface area (Å²) in [6.45, 7) is 3.46. The predicted molar refractivity (Wildman–Crippen MR) is 232 cm³/mol. The molecule has 2 saturated carbocycles. The van der Waals surface area contributed by atoms with E-state index in [-0.39, 0.29) is 44.7 Å². The van der Waals surface area contributed by atoms with Gasteiger partial charge in [0.15, 0.2) is 0 Å². The fourth-order valence-corrected chi connectivity index (χ4v) is 12.4. The molecule has 0 bridgehead atoms. The number of hydrogen-bond donors (Lipinski definition) is 3. The highest BCUT2D eigenvalue weighted by atomic mass is 33.1. The highest BCUT2D eigenvalue weighted by Gasteiger charge is 2.69. The van der Waals surface area contributed by atoms with Crippen LogP contribution in [-0.4, -0.2) is 115 Å². The lowest BCUT2D eigenvalue weighted by molar-refractivity contribution is -0.374. The Labute approximate surface area is 376 Å². The van der Waals surface area contributed by atoms with Crippen LogP contribution in [0.3, 0.4) is 0 Å². The maximum atomic E-state index is 13.2. The summed E-state index contributed by atoms with van der Waals surface area (Å²) in [5, 5.41) is 0. The van der Waals surface area contributed by atoms with E-state index in [0.717, 1.165) is 108 Å². The number of phosphoric acid groups is 2. The van der Waals surface area contributed by atoms with Crippen LogP contribution in [0.15, 0.2) is 18.2 Å². The highest BCUT2D eigenvalue weighted by Crippen LogP contribution is 2.61. The number of rotatable bonds is 29. The van der Waals surface area contributed by atoms with E-state index in [2.05, 4.69) is 50.9 Å². The van der Waals surface area contributed by atoms with Crippen LogP contribution in [0.25, 0.3) is 0 Å². The SMILES string of the molecule is COP(=O)(O)OCC(CCCCCCSSCCCN(C)CCOc1ccc2c(c1)CCC1C2CCC2(C)C(OCCCOC(C)(C(F)(F)F)C(F)(F)F)CCC12)COP(=O)(O)O. The minimum absolute atomic E-state index is 0.0282. The molecule has 22 heteroatoms. The Bertz CT molecular complexity index is 1630. The molecule has 4 rings (SSSR count). The molecule has 7 atom stereocenters. The number of ether oxygens (including phenoxy) is 3. The van der Waals surface area contributed by atoms with Crippen molar-refractivity contribution in [3.05, 3.63) is 29.3 Å². The summed E-state index contributed by atoms with van der Waals surface area (Å²) in [7, 11) is -2.02. The van der Waals surface area contributed by atoms with E-state index >= 15 is 0 Å². The molecule has 0 amide bonds. The van der Waals surface area contributed by atoms with Crippen LogP contribution in [0.1, 0.15) is 108 Å². The molecule has 3 N–H and O–H groups in total. The number of alkyl halides is 6. The number of fused-ring (bicyclic) bond motifs is 5. The molecule has 366 valence electrons. The van der Waals surface area contributed by atoms with Gasteiger partial charge in [0.25, 0.3) is 5.60 Å². The predicted octanol–water partition coefficient (Wildman–Crippen LogP) is 10.7. The zero-order valence-electron chi connectivity index (χ0n) is 36.7. The molecule has 3 aliphatic rings. The van der Waals surface area contributed by atoms with E-state index < -0.39 is 46.1 Å². The number of benzene rings is 1. The quantitative estimate of drug-likeness (QED) is 0.0302. The fraction of sp³-hybridized carbons (Fsp3) is 0.854. The Hall–Kier alpha value is -0.600. The summed E-state index contributed by atoms with van der Waals surface area (Å²) in [5.41, 5.74) is -1.58. The fourth-order valence-electron chi connectivity index (χ4n) is 9.32. The zero-order chi connectivity index (χ0) is 46.5. The third kappa shape index (κ3) is 16.6. The van der Waals surface area contributed by atoms with Crippen LogP contribution >= 0.6 is 37.2 Å². The lowest BCUT2D eigenvalue weighted by atomic mass is 9.55. The number of nitrogens with zero attached hydrogens (tertiary/aromatic N) is 1. The molecule has 0 aliphatic heterocycles. The molecule has 1 aromatic carbocycles. The molecule has 63 heavy (non-hydrogen) atoms. The van der Waals surface area contributed by atoms with Crippen molar-refractivity contribution in [2.75, 3.05) is 71.8 Å². The van der Waals surface area contributed by atoms with E-state index in [9.17, 15) is 40.4 Å². The highest BCUT2D eigenvalue weighted by molar-refractivity contribution is 8.76. The van der Waals surface area contributed by atoms with E-state index in [4.69, 9.17) is 23.8 Å². The monoisotopic (exact) mass is 989 g/mol. The van der Waals surface area contributed by atoms with Crippen LogP contribution in [0, 0.1) is 23.2 Å². The molecule has 7 unspecified atom stereocenters. The van der Waals surface area contributed by atoms with Gasteiger partial charge in [-0.3, -0.25) is 13.6 Å². The molecule has 0 heterocycles. The average molecular weight is 990 g/mol. The van der Waals surface area contributed by atoms with Crippen LogP contribution in [0.2, 0.25) is 0 Å². The van der Waals surface area contributed by atoms with Crippen LogP contribution in [0.4, 0.5) is 26.3 Å². The molecule has 0 radical (unpaired) electrons. The second-order valence-corrected chi connectivity index (χ2v) is 22.9. The third-order valence-electron chi connectivity index (χ3n) is 13.1. The van der Waals surface area contributed by atoms with Gasteiger partial charge in [-0.1, -0.05) is 53.8 Å². The third-order valence-corrected chi connectivity index (χ3v) is 17.1. The average Bonchev–Trinajstić information content (AvgIpc) is 3.54. The van der Waals surface area contributed by atoms with Gasteiger partial charge in [0, 0.05) is 37.7 Å². The van der Waals surface area contributed by atoms with Gasteiger partial charge in [-0.25, -0.2) is 9.13 Å². The first-order chi connectivity index (χ1) is 29.5. The number of phosphoric ester groups is 2. The van der Waals surface area contributed by atoms with Crippen molar-refractivity contribution in [3.8, 4) is 5.75 Å². The van der Waals surface area contributed by atoms with Gasteiger partial charge in [-0.15, -0.1) is 0 Å². The Morgan fingerprint density at radius 2 is 1.54 bits per heavy atom. The molecule has 12 nitrogen and oxygen atoms in total. The van der Waals surface area contributed by atoms with Gasteiger partial charge < -0.3 is 33.8 Å². The summed E-state index contributed by atoms with van der Waals surface area (Å²) in [5.74, 6) is 3.83. The van der Waals surface area contributed by atoms with Gasteiger partial charge in [-0.2, -0.15) is 26.3 Å². The van der Waals surface area contributed by atoms with Crippen LogP contribution < -0.4 is 4.74 Å². The first kappa shape index (κ1) is 55.0. The van der Waals surface area contributed by atoms with Gasteiger partial charge >= 0.3 is 28.0 Å². The van der Waals surface area contributed by atoms with Crippen molar-refractivity contribution in [3.63, 3.8) is 0 Å². The smallest absolute Gasteiger partial charge is 0.471 e. The Morgan fingerprint density at radius 3 is 2.22 bits per heavy atom. The second-order valence-electron chi connectivity index (χ2n) is 17.4. The molecular formula is C41H67F6NO11P2S2. The topological polar surface area (TPSA) is 153 Å². The maximum absolute atomic E-state index is 13.2. The van der Waals surface area contributed by atoms with Crippen LogP contribution in [0.5, 0.6) is 5.75 Å². The molecule has 0 saturated heterocycles. The molecule has 3 aliphatic carbocycles. The Morgan fingerprint density at radius 1 is 0.857 bits per heavy atom. The number of hydrogen-bond acceptors (Lipinski definition) is 11. The number of likely N-dealkylation sites (N-methyl/N-ethyl adjacent to an activating group) is 1. The van der Waals surface area contributed by atoms with Gasteiger partial charge in [0.05, 0.1) is 25.9 Å². The minimum atomic E-state index is -5.57. The number of unbranched alkanes of at least 4 members (excludes halogenated alkanes) is 3. The van der Waals surface area contributed by atoms with E-state index in [1.54, 1.807) is 0 Å². The molecular weight excluding hydrogens is 923 g/mol. The summed E-state index contributed by atoms with van der Waals surface area (Å²) >= 11 is 0. The van der Waals surface area contributed by atoms with Crippen molar-refractivity contribution < 1.29 is 77.9 Å². The largest absolute Gasteiger partial charge is 0.492 e. The van der Waals surface area contributed by atoms with Gasteiger partial charge in [0.1, 0.15) is 12.4 Å². The second kappa shape index (κ2) is 24.6. The lowest BCUT2D eigenvalue weighted by Gasteiger charge is -2.50. The lowest BCUT2D eigenvalue weighted by Crippen LogP contribution is -2.56. The van der Waals surface area contributed by atoms with Crippen molar-refractivity contribution >= 4 is 37.2 Å². The first-order valence-corrected chi connectivity index (χ1v) is 27.3. The molecule has 1 aromatic rings. The number of halogens is 6. The molecule has 2 fully saturated rings. The normalized spacial score (nSPS) is 24.5. The first-order valence-electron chi connectivity index (χ1n) is 21.8. The zero-order valence-corrected chi connectivity index (χ0v) is 40.1. The van der Waals surface area contributed by atoms with Crippen molar-refractivity contribution in [2.45, 2.75) is 127 Å². The minimum Gasteiger partial charge on any atom is -0.492 e. The Balaban J connectivity index is 1.06. The van der Waals surface area contributed by atoms with E-state index in [1.165, 1.54) is 11.1 Å². The summed E-state index contributed by atoms with van der Waals surface area (Å²) < 4.78 is 132. The van der Waals surface area contributed by atoms with Crippen molar-refractivity contribution in [2.24, 2.45) is 23.2 Å². The molecule has 0 spiro atoms. The Kier molecular flexibility index (Phi) is 21.5. The maximum Gasteiger partial charge on any atom is 0.471 e. The number of aryl methyl sites for hydroxylation is 1. The van der Waals surface area contributed by atoms with E-state index in [0.29, 0.717) is 30.8 Å². The van der Waals surface area contributed by atoms with E-state index in [1.807, 2.05) is 21.6 Å². The van der Waals surface area contributed by atoms with Crippen LogP contribution in [-0.2, 0) is 38.6 Å². The summed E-state index contributed by atoms with van der Waals surface area (Å²) in [6.07, 6.45) is -0.243. The van der Waals surface area contributed by atoms with Gasteiger partial charge in [0.2, 0.25) is 0 Å². The summed E-state index contributed by atoms with van der Waals surface area (Å²) in [6, 6.07) is 6.49. The standard InChI is InChI=1S/C41H67F6NO11P2S2/c1-38-19-18-34-33-15-13-32(27-31(33)12-14-35(34)36(38)16-17-37(38)56-22-10-23-57-39(2,40(42,43)44)41(45,46)47)55-24-21-48(3)20-9-26-63-62-25-8-6-5-7-11-30(28-58-60(49,50)51)29-59-61(52,53)54-4/h13,15,27,30,34-37H,5-12,14,16-26,28-29H2,1-4H3,(H,52,53)(H2,49,50,51). The molecule has 0 aromatic heterocycles. The van der Waals surface area contributed by atoms with Crippen molar-refractivity contribution in [1.29, 1.82) is 0 Å².